The van der Waals surface area contributed by atoms with E-state index in [0.29, 0.717) is 5.71 Å². The van der Waals surface area contributed by atoms with E-state index in [0.717, 1.165) is 12.1 Å². The Morgan fingerprint density at radius 2 is 2.11 bits per heavy atom. The Balaban J connectivity index is 3.69. The van der Waals surface area contributed by atoms with Gasteiger partial charge in [-0.3, -0.25) is 0 Å². The molecule has 0 radical (unpaired) electrons. The summed E-state index contributed by atoms with van der Waals surface area (Å²) in [5, 5.41) is 10.2. The van der Waals surface area contributed by atoms with Gasteiger partial charge in [0.05, 0.1) is 0 Å². The van der Waals surface area contributed by atoms with Crippen LogP contribution in [0.2, 0.25) is 0 Å². The lowest BCUT2D eigenvalue weighted by molar-refractivity contribution is 0.913. The zero-order valence-corrected chi connectivity index (χ0v) is 6.28. The van der Waals surface area contributed by atoms with E-state index in [2.05, 4.69) is 5.32 Å². The molecule has 0 aromatic carbocycles. The van der Waals surface area contributed by atoms with E-state index in [1.165, 1.54) is 0 Å². The van der Waals surface area contributed by atoms with Gasteiger partial charge in [-0.1, -0.05) is 0 Å². The number of rotatable bonds is 3. The second-order valence-corrected chi connectivity index (χ2v) is 2.01. The summed E-state index contributed by atoms with van der Waals surface area (Å²) in [6.07, 6.45) is 1.86. The first kappa shape index (κ1) is 8.21. The van der Waals surface area contributed by atoms with Gasteiger partial charge in [0.2, 0.25) is 0 Å². The van der Waals surface area contributed by atoms with Crippen LogP contribution in [-0.4, -0.2) is 12.3 Å². The number of hydrogen-bond acceptors (Lipinski definition) is 2. The number of allylic oxidation sites excluding steroid dienone is 1. The number of hydrogen-bond donors (Lipinski definition) is 2. The molecule has 0 heterocycles. The van der Waals surface area contributed by atoms with Crippen LogP contribution in [0.5, 0.6) is 0 Å². The highest BCUT2D eigenvalue weighted by molar-refractivity contribution is 5.94. The lowest BCUT2D eigenvalue weighted by atomic mass is 10.2. The summed E-state index contributed by atoms with van der Waals surface area (Å²) >= 11 is 0. The van der Waals surface area contributed by atoms with E-state index in [9.17, 15) is 0 Å². The molecule has 0 aromatic heterocycles. The SMILES string of the molecule is CCN/C=C(/C)C(C)=N. The lowest BCUT2D eigenvalue weighted by Crippen LogP contribution is -2.05. The molecule has 2 heteroatoms. The van der Waals surface area contributed by atoms with Gasteiger partial charge < -0.3 is 10.7 Å². The van der Waals surface area contributed by atoms with Gasteiger partial charge in [-0.2, -0.15) is 0 Å². The first-order valence-corrected chi connectivity index (χ1v) is 3.14. The fraction of sp³-hybridized carbons (Fsp3) is 0.571. The lowest BCUT2D eigenvalue weighted by Gasteiger charge is -1.97. The molecular weight excluding hydrogens is 112 g/mol. The summed E-state index contributed by atoms with van der Waals surface area (Å²) in [6.45, 7) is 6.65. The van der Waals surface area contributed by atoms with Crippen molar-refractivity contribution in [1.29, 1.82) is 5.41 Å². The van der Waals surface area contributed by atoms with Gasteiger partial charge in [-0.15, -0.1) is 0 Å². The van der Waals surface area contributed by atoms with Crippen LogP contribution in [0.25, 0.3) is 0 Å². The van der Waals surface area contributed by atoms with Crippen LogP contribution < -0.4 is 5.32 Å². The minimum absolute atomic E-state index is 0.621. The van der Waals surface area contributed by atoms with Crippen LogP contribution in [0.3, 0.4) is 0 Å². The van der Waals surface area contributed by atoms with Crippen molar-refractivity contribution in [3.05, 3.63) is 11.8 Å². The third-order valence-electron chi connectivity index (χ3n) is 1.11. The normalized spacial score (nSPS) is 11.2. The van der Waals surface area contributed by atoms with Crippen molar-refractivity contribution in [2.75, 3.05) is 6.54 Å². The molecule has 52 valence electrons. The summed E-state index contributed by atoms with van der Waals surface area (Å²) < 4.78 is 0. The molecule has 0 unspecified atom stereocenters. The Morgan fingerprint density at radius 1 is 1.56 bits per heavy atom. The van der Waals surface area contributed by atoms with E-state index >= 15 is 0 Å². The van der Waals surface area contributed by atoms with Gasteiger partial charge in [0.25, 0.3) is 0 Å². The van der Waals surface area contributed by atoms with Crippen molar-refractivity contribution < 1.29 is 0 Å². The van der Waals surface area contributed by atoms with E-state index in [-0.39, 0.29) is 0 Å². The molecule has 2 N–H and O–H groups in total. The average molecular weight is 126 g/mol. The predicted octanol–water partition coefficient (Wildman–Crippen LogP) is 1.54. The van der Waals surface area contributed by atoms with Gasteiger partial charge in [0, 0.05) is 18.5 Å². The fourth-order valence-electron chi connectivity index (χ4n) is 0.363. The smallest absolute Gasteiger partial charge is 0.0326 e. The first-order valence-electron chi connectivity index (χ1n) is 3.14. The quantitative estimate of drug-likeness (QED) is 0.553. The highest BCUT2D eigenvalue weighted by Crippen LogP contribution is 1.90. The maximum Gasteiger partial charge on any atom is 0.0326 e. The average Bonchev–Trinajstić information content (AvgIpc) is 1.82. The number of nitrogens with one attached hydrogen (secondary N) is 2. The molecule has 0 fully saturated rings. The van der Waals surface area contributed by atoms with Crippen LogP contribution in [0.4, 0.5) is 0 Å². The maximum absolute atomic E-state index is 7.17. The van der Waals surface area contributed by atoms with E-state index in [1.54, 1.807) is 6.92 Å². The van der Waals surface area contributed by atoms with Crippen LogP contribution in [0.1, 0.15) is 20.8 Å². The second-order valence-electron chi connectivity index (χ2n) is 2.01. The van der Waals surface area contributed by atoms with E-state index < -0.39 is 0 Å². The van der Waals surface area contributed by atoms with Gasteiger partial charge in [0.15, 0.2) is 0 Å². The predicted molar refractivity (Wildman–Crippen MR) is 40.8 cm³/mol. The van der Waals surface area contributed by atoms with Crippen molar-refractivity contribution in [2.45, 2.75) is 20.8 Å². The van der Waals surface area contributed by atoms with E-state index in [4.69, 9.17) is 5.41 Å². The van der Waals surface area contributed by atoms with Crippen LogP contribution >= 0.6 is 0 Å². The molecule has 0 spiro atoms. The monoisotopic (exact) mass is 126 g/mol. The topological polar surface area (TPSA) is 35.9 Å². The molecule has 0 amide bonds. The highest BCUT2D eigenvalue weighted by Gasteiger charge is 1.87. The molecule has 0 rings (SSSR count). The Labute approximate surface area is 56.5 Å². The third kappa shape index (κ3) is 3.76. The molecule has 2 nitrogen and oxygen atoms in total. The standard InChI is InChI=1S/C7H14N2/c1-4-9-5-6(2)7(3)8/h5,8-9H,4H2,1-3H3/b6-5-,8-7?. The largest absolute Gasteiger partial charge is 0.391 e. The van der Waals surface area contributed by atoms with Crippen molar-refractivity contribution >= 4 is 5.71 Å². The third-order valence-corrected chi connectivity index (χ3v) is 1.11. The van der Waals surface area contributed by atoms with Gasteiger partial charge >= 0.3 is 0 Å². The Morgan fingerprint density at radius 3 is 2.44 bits per heavy atom. The molecular formula is C7H14N2. The van der Waals surface area contributed by atoms with Crippen molar-refractivity contribution in [2.24, 2.45) is 0 Å². The Kier molecular flexibility index (Phi) is 3.76. The maximum atomic E-state index is 7.17. The molecule has 9 heavy (non-hydrogen) atoms. The zero-order valence-electron chi connectivity index (χ0n) is 6.28. The summed E-state index contributed by atoms with van der Waals surface area (Å²) in [6, 6.07) is 0. The van der Waals surface area contributed by atoms with Gasteiger partial charge in [0.1, 0.15) is 0 Å². The van der Waals surface area contributed by atoms with Crippen molar-refractivity contribution in [3.8, 4) is 0 Å². The summed E-state index contributed by atoms with van der Waals surface area (Å²) in [5.41, 5.74) is 1.62. The van der Waals surface area contributed by atoms with Gasteiger partial charge in [-0.05, 0) is 26.3 Å². The molecule has 0 aliphatic rings. The molecule has 0 aromatic rings. The minimum atomic E-state index is 0.621. The van der Waals surface area contributed by atoms with Crippen LogP contribution in [0.15, 0.2) is 11.8 Å². The van der Waals surface area contributed by atoms with Crippen molar-refractivity contribution in [1.82, 2.24) is 5.32 Å². The minimum Gasteiger partial charge on any atom is -0.391 e. The van der Waals surface area contributed by atoms with Crippen molar-refractivity contribution in [3.63, 3.8) is 0 Å². The molecule has 0 bridgehead atoms. The Bertz CT molecular complexity index is 125. The van der Waals surface area contributed by atoms with E-state index in [1.807, 2.05) is 20.0 Å². The fourth-order valence-corrected chi connectivity index (χ4v) is 0.363. The molecule has 0 saturated carbocycles. The molecule has 0 atom stereocenters. The van der Waals surface area contributed by atoms with Crippen LogP contribution in [0, 0.1) is 5.41 Å². The first-order chi connectivity index (χ1) is 4.18. The Hall–Kier alpha value is -0.790. The van der Waals surface area contributed by atoms with Crippen LogP contribution in [-0.2, 0) is 0 Å². The highest BCUT2D eigenvalue weighted by atomic mass is 14.8. The summed E-state index contributed by atoms with van der Waals surface area (Å²) in [7, 11) is 0. The molecule has 0 aliphatic carbocycles. The second kappa shape index (κ2) is 4.13. The summed E-state index contributed by atoms with van der Waals surface area (Å²) in [4.78, 5) is 0. The molecule has 0 saturated heterocycles. The zero-order chi connectivity index (χ0) is 7.28. The molecule has 0 aliphatic heterocycles. The van der Waals surface area contributed by atoms with Gasteiger partial charge in [-0.25, -0.2) is 0 Å². The summed E-state index contributed by atoms with van der Waals surface area (Å²) in [5.74, 6) is 0.